The Morgan fingerprint density at radius 1 is 1.05 bits per heavy atom. The first kappa shape index (κ1) is 15.2. The molecule has 0 saturated heterocycles. The first-order valence-electron chi connectivity index (χ1n) is 6.48. The summed E-state index contributed by atoms with van der Waals surface area (Å²) in [6, 6.07) is 13.4. The Labute approximate surface area is 132 Å². The van der Waals surface area contributed by atoms with E-state index in [0.29, 0.717) is 18.2 Å². The van der Waals surface area contributed by atoms with Gasteiger partial charge in [0.25, 0.3) is 0 Å². The number of benzene rings is 2. The van der Waals surface area contributed by atoms with Gasteiger partial charge in [0, 0.05) is 10.0 Å². The van der Waals surface area contributed by atoms with E-state index in [-0.39, 0.29) is 0 Å². The molecule has 0 unspecified atom stereocenters. The second kappa shape index (κ2) is 7.55. The molecule has 0 amide bonds. The minimum absolute atomic E-state index is 0.396. The zero-order valence-electron chi connectivity index (χ0n) is 11.2. The fourth-order valence-electron chi connectivity index (χ4n) is 1.74. The van der Waals surface area contributed by atoms with E-state index in [1.165, 1.54) is 0 Å². The van der Waals surface area contributed by atoms with Crippen LogP contribution in [0.25, 0.3) is 0 Å². The van der Waals surface area contributed by atoms with Gasteiger partial charge < -0.3 is 9.47 Å². The molecule has 2 nitrogen and oxygen atoms in total. The smallest absolute Gasteiger partial charge is 0.169 e. The highest BCUT2D eigenvalue weighted by Gasteiger charge is 2.09. The van der Waals surface area contributed by atoms with E-state index in [1.54, 1.807) is 0 Å². The van der Waals surface area contributed by atoms with E-state index in [1.807, 2.05) is 42.5 Å². The third-order valence-electron chi connectivity index (χ3n) is 2.70. The number of para-hydroxylation sites is 2. The first-order valence-corrected chi connectivity index (χ1v) is 7.81. The topological polar surface area (TPSA) is 18.5 Å². The molecule has 106 valence electrons. The predicted octanol–water partition coefficient (Wildman–Crippen LogP) is 5.77. The normalized spacial score (nSPS) is 10.3. The highest BCUT2D eigenvalue weighted by atomic mass is 79.9. The Kier molecular flexibility index (Phi) is 5.74. The van der Waals surface area contributed by atoms with Gasteiger partial charge in [-0.3, -0.25) is 0 Å². The number of hydrogen-bond donors (Lipinski definition) is 0. The summed E-state index contributed by atoms with van der Waals surface area (Å²) in [5, 5.41) is 0. The van der Waals surface area contributed by atoms with Crippen molar-refractivity contribution in [1.29, 1.82) is 0 Å². The molecule has 0 atom stereocenters. The third-order valence-corrected chi connectivity index (χ3v) is 3.48. The molecule has 2 aromatic rings. The van der Waals surface area contributed by atoms with E-state index in [0.717, 1.165) is 28.0 Å². The van der Waals surface area contributed by atoms with Gasteiger partial charge in [-0.15, -0.1) is 11.6 Å². The summed E-state index contributed by atoms with van der Waals surface area (Å²) in [4.78, 5) is 0. The zero-order valence-corrected chi connectivity index (χ0v) is 13.6. The molecule has 0 aliphatic carbocycles. The first-order chi connectivity index (χ1) is 9.74. The van der Waals surface area contributed by atoms with Crippen LogP contribution in [0.5, 0.6) is 17.2 Å². The van der Waals surface area contributed by atoms with Crippen LogP contribution in [0, 0.1) is 0 Å². The summed E-state index contributed by atoms with van der Waals surface area (Å²) in [5.74, 6) is 2.59. The molecule has 0 bridgehead atoms. The molecule has 0 fully saturated rings. The Hall–Kier alpha value is -1.19. The SMILES string of the molecule is CCCOc1ccccc1Oc1ccc(Br)cc1CCl. The molecule has 0 heterocycles. The van der Waals surface area contributed by atoms with Crippen LogP contribution in [-0.4, -0.2) is 6.61 Å². The molecule has 0 aliphatic heterocycles. The second-order valence-corrected chi connectivity index (χ2v) is 5.47. The van der Waals surface area contributed by atoms with Crippen LogP contribution < -0.4 is 9.47 Å². The maximum atomic E-state index is 5.96. The van der Waals surface area contributed by atoms with Gasteiger partial charge in [-0.25, -0.2) is 0 Å². The van der Waals surface area contributed by atoms with Crippen molar-refractivity contribution < 1.29 is 9.47 Å². The minimum atomic E-state index is 0.396. The second-order valence-electron chi connectivity index (χ2n) is 4.28. The van der Waals surface area contributed by atoms with Gasteiger partial charge in [0.05, 0.1) is 12.5 Å². The van der Waals surface area contributed by atoms with E-state index in [9.17, 15) is 0 Å². The highest BCUT2D eigenvalue weighted by Crippen LogP contribution is 2.34. The number of rotatable bonds is 6. The quantitative estimate of drug-likeness (QED) is 0.612. The summed E-state index contributed by atoms with van der Waals surface area (Å²) in [6.07, 6.45) is 0.958. The van der Waals surface area contributed by atoms with Gasteiger partial charge in [0.15, 0.2) is 11.5 Å². The number of alkyl halides is 1. The molecule has 20 heavy (non-hydrogen) atoms. The fourth-order valence-corrected chi connectivity index (χ4v) is 2.35. The lowest BCUT2D eigenvalue weighted by atomic mass is 10.2. The summed E-state index contributed by atoms with van der Waals surface area (Å²) in [5.41, 5.74) is 0.936. The average molecular weight is 356 g/mol. The van der Waals surface area contributed by atoms with Crippen LogP contribution in [-0.2, 0) is 5.88 Å². The van der Waals surface area contributed by atoms with Crippen molar-refractivity contribution in [2.24, 2.45) is 0 Å². The van der Waals surface area contributed by atoms with Crippen LogP contribution in [0.1, 0.15) is 18.9 Å². The molecule has 0 aromatic heterocycles. The van der Waals surface area contributed by atoms with E-state index >= 15 is 0 Å². The number of hydrogen-bond acceptors (Lipinski definition) is 2. The standard InChI is InChI=1S/C16H16BrClO2/c1-2-9-19-15-5-3-4-6-16(15)20-14-8-7-13(17)10-12(14)11-18/h3-8,10H,2,9,11H2,1H3. The highest BCUT2D eigenvalue weighted by molar-refractivity contribution is 9.10. The maximum absolute atomic E-state index is 5.96. The lowest BCUT2D eigenvalue weighted by Gasteiger charge is -2.14. The largest absolute Gasteiger partial charge is 0.490 e. The molecular formula is C16H16BrClO2. The average Bonchev–Trinajstić information content (AvgIpc) is 2.48. The van der Waals surface area contributed by atoms with Gasteiger partial charge in [-0.05, 0) is 36.8 Å². The molecule has 0 spiro atoms. The molecule has 0 saturated carbocycles. The van der Waals surface area contributed by atoms with Crippen LogP contribution in [0.2, 0.25) is 0 Å². The van der Waals surface area contributed by atoms with E-state index in [2.05, 4.69) is 22.9 Å². The van der Waals surface area contributed by atoms with Crippen LogP contribution >= 0.6 is 27.5 Å². The monoisotopic (exact) mass is 354 g/mol. The lowest BCUT2D eigenvalue weighted by Crippen LogP contribution is -1.98. The summed E-state index contributed by atoms with van der Waals surface area (Å²) < 4.78 is 12.6. The van der Waals surface area contributed by atoms with Gasteiger partial charge in [-0.1, -0.05) is 35.0 Å². The van der Waals surface area contributed by atoms with E-state index in [4.69, 9.17) is 21.1 Å². The van der Waals surface area contributed by atoms with Crippen molar-refractivity contribution in [3.8, 4) is 17.2 Å². The van der Waals surface area contributed by atoms with Crippen molar-refractivity contribution in [1.82, 2.24) is 0 Å². The third kappa shape index (κ3) is 3.90. The van der Waals surface area contributed by atoms with Gasteiger partial charge in [0.1, 0.15) is 5.75 Å². The molecule has 0 aliphatic rings. The zero-order chi connectivity index (χ0) is 14.4. The van der Waals surface area contributed by atoms with Crippen LogP contribution in [0.15, 0.2) is 46.9 Å². The van der Waals surface area contributed by atoms with Crippen molar-refractivity contribution in [3.63, 3.8) is 0 Å². The van der Waals surface area contributed by atoms with Crippen LogP contribution in [0.4, 0.5) is 0 Å². The summed E-state index contributed by atoms with van der Waals surface area (Å²) in [6.45, 7) is 2.74. The summed E-state index contributed by atoms with van der Waals surface area (Å²) >= 11 is 9.39. The maximum Gasteiger partial charge on any atom is 0.169 e. The van der Waals surface area contributed by atoms with Crippen molar-refractivity contribution in [3.05, 3.63) is 52.5 Å². The molecular weight excluding hydrogens is 340 g/mol. The van der Waals surface area contributed by atoms with Crippen molar-refractivity contribution in [2.45, 2.75) is 19.2 Å². The Morgan fingerprint density at radius 3 is 2.50 bits per heavy atom. The van der Waals surface area contributed by atoms with Gasteiger partial charge in [-0.2, -0.15) is 0 Å². The van der Waals surface area contributed by atoms with Gasteiger partial charge in [0.2, 0.25) is 0 Å². The Bertz CT molecular complexity index is 572. The van der Waals surface area contributed by atoms with E-state index < -0.39 is 0 Å². The molecule has 2 aromatic carbocycles. The molecule has 2 rings (SSSR count). The van der Waals surface area contributed by atoms with Gasteiger partial charge >= 0.3 is 0 Å². The number of halogens is 2. The number of ether oxygens (including phenoxy) is 2. The molecule has 4 heteroatoms. The van der Waals surface area contributed by atoms with Crippen LogP contribution in [0.3, 0.4) is 0 Å². The minimum Gasteiger partial charge on any atom is -0.490 e. The Morgan fingerprint density at radius 2 is 1.80 bits per heavy atom. The Balaban J connectivity index is 2.25. The molecule has 0 radical (unpaired) electrons. The summed E-state index contributed by atoms with van der Waals surface area (Å²) in [7, 11) is 0. The van der Waals surface area contributed by atoms with Crippen molar-refractivity contribution >= 4 is 27.5 Å². The lowest BCUT2D eigenvalue weighted by molar-refractivity contribution is 0.302. The van der Waals surface area contributed by atoms with Crippen molar-refractivity contribution in [2.75, 3.05) is 6.61 Å². The molecule has 0 N–H and O–H groups in total. The fraction of sp³-hybridized carbons (Fsp3) is 0.250. The predicted molar refractivity (Wildman–Crippen MR) is 86.0 cm³/mol.